The second-order valence-electron chi connectivity index (χ2n) is 7.04. The van der Waals surface area contributed by atoms with Gasteiger partial charge in [-0.15, -0.1) is 0 Å². The molecule has 28 heavy (non-hydrogen) atoms. The van der Waals surface area contributed by atoms with Crippen LogP contribution < -0.4 is 20.1 Å². The molecule has 2 N–H and O–H groups in total. The Hall–Kier alpha value is -2.83. The van der Waals surface area contributed by atoms with Crippen molar-refractivity contribution < 1.29 is 14.3 Å². The molecule has 0 aliphatic heterocycles. The number of benzene rings is 1. The van der Waals surface area contributed by atoms with Crippen molar-refractivity contribution in [1.82, 2.24) is 15.3 Å². The maximum Gasteiger partial charge on any atom is 0.270 e. The van der Waals surface area contributed by atoms with Crippen LogP contribution in [-0.2, 0) is 6.42 Å². The maximum absolute atomic E-state index is 12.5. The van der Waals surface area contributed by atoms with Gasteiger partial charge in [0.2, 0.25) is 5.95 Å². The molecule has 2 aromatic rings. The highest BCUT2D eigenvalue weighted by molar-refractivity contribution is 5.92. The van der Waals surface area contributed by atoms with E-state index in [1.165, 1.54) is 12.8 Å². The molecule has 7 heteroatoms. The molecule has 1 aliphatic carbocycles. The third-order valence-electron chi connectivity index (χ3n) is 4.92. The number of aromatic nitrogens is 2. The van der Waals surface area contributed by atoms with Crippen molar-refractivity contribution in [2.24, 2.45) is 0 Å². The summed E-state index contributed by atoms with van der Waals surface area (Å²) in [6.45, 7) is 2.51. The average Bonchev–Trinajstić information content (AvgIpc) is 3.20. The molecule has 0 saturated heterocycles. The summed E-state index contributed by atoms with van der Waals surface area (Å²) < 4.78 is 10.6. The molecule has 1 heterocycles. The first kappa shape index (κ1) is 19.9. The van der Waals surface area contributed by atoms with Crippen molar-refractivity contribution in [3.8, 4) is 11.5 Å². The van der Waals surface area contributed by atoms with Crippen molar-refractivity contribution in [3.05, 3.63) is 41.2 Å². The Morgan fingerprint density at radius 3 is 2.57 bits per heavy atom. The number of ether oxygens (including phenoxy) is 2. The van der Waals surface area contributed by atoms with E-state index in [4.69, 9.17) is 9.47 Å². The fourth-order valence-corrected chi connectivity index (χ4v) is 3.45. The molecular weight excluding hydrogens is 356 g/mol. The minimum Gasteiger partial charge on any atom is -0.493 e. The molecule has 1 aromatic heterocycles. The molecule has 3 rings (SSSR count). The molecule has 0 atom stereocenters. The van der Waals surface area contributed by atoms with Gasteiger partial charge in [0.1, 0.15) is 5.69 Å². The van der Waals surface area contributed by atoms with E-state index in [0.29, 0.717) is 29.7 Å². The van der Waals surface area contributed by atoms with Crippen LogP contribution >= 0.6 is 0 Å². The monoisotopic (exact) mass is 384 g/mol. The summed E-state index contributed by atoms with van der Waals surface area (Å²) in [6.07, 6.45) is 5.22. The van der Waals surface area contributed by atoms with Gasteiger partial charge in [-0.05, 0) is 49.9 Å². The third-order valence-corrected chi connectivity index (χ3v) is 4.92. The van der Waals surface area contributed by atoms with Gasteiger partial charge in [-0.2, -0.15) is 0 Å². The van der Waals surface area contributed by atoms with Crippen LogP contribution in [0.5, 0.6) is 11.5 Å². The lowest BCUT2D eigenvalue weighted by Crippen LogP contribution is -2.33. The van der Waals surface area contributed by atoms with Gasteiger partial charge < -0.3 is 20.1 Å². The van der Waals surface area contributed by atoms with Crippen molar-refractivity contribution in [1.29, 1.82) is 0 Å². The normalized spacial score (nSPS) is 14.0. The lowest BCUT2D eigenvalue weighted by molar-refractivity contribution is 0.0932. The highest BCUT2D eigenvalue weighted by atomic mass is 16.5. The van der Waals surface area contributed by atoms with E-state index in [9.17, 15) is 4.79 Å². The molecule has 7 nitrogen and oxygen atoms in total. The second-order valence-corrected chi connectivity index (χ2v) is 7.04. The first-order chi connectivity index (χ1) is 13.6. The summed E-state index contributed by atoms with van der Waals surface area (Å²) in [7, 11) is 3.24. The van der Waals surface area contributed by atoms with Crippen LogP contribution in [0, 0.1) is 6.92 Å². The molecule has 0 unspecified atom stereocenters. The van der Waals surface area contributed by atoms with Gasteiger partial charge in [-0.1, -0.05) is 18.9 Å². The maximum atomic E-state index is 12.5. The Morgan fingerprint density at radius 2 is 1.86 bits per heavy atom. The lowest BCUT2D eigenvalue weighted by Gasteiger charge is -2.13. The first-order valence-electron chi connectivity index (χ1n) is 9.70. The Kier molecular flexibility index (Phi) is 6.68. The molecule has 1 fully saturated rings. The molecule has 1 saturated carbocycles. The zero-order valence-electron chi connectivity index (χ0n) is 16.7. The summed E-state index contributed by atoms with van der Waals surface area (Å²) in [4.78, 5) is 21.3. The van der Waals surface area contributed by atoms with Crippen molar-refractivity contribution in [2.75, 3.05) is 26.1 Å². The molecule has 0 spiro atoms. The number of hydrogen-bond acceptors (Lipinski definition) is 6. The molecule has 0 radical (unpaired) electrons. The predicted octanol–water partition coefficient (Wildman–Crippen LogP) is 3.13. The first-order valence-corrected chi connectivity index (χ1v) is 9.70. The van der Waals surface area contributed by atoms with E-state index in [1.807, 2.05) is 25.1 Å². The Bertz CT molecular complexity index is 819. The third kappa shape index (κ3) is 5.12. The number of nitrogens with one attached hydrogen (secondary N) is 2. The van der Waals surface area contributed by atoms with E-state index < -0.39 is 0 Å². The Balaban J connectivity index is 1.59. The van der Waals surface area contributed by atoms with E-state index >= 15 is 0 Å². The van der Waals surface area contributed by atoms with Crippen LogP contribution in [0.1, 0.15) is 47.4 Å². The van der Waals surface area contributed by atoms with Gasteiger partial charge in [0.05, 0.1) is 14.2 Å². The highest BCUT2D eigenvalue weighted by Crippen LogP contribution is 2.27. The Morgan fingerprint density at radius 1 is 1.11 bits per heavy atom. The zero-order chi connectivity index (χ0) is 19.9. The lowest BCUT2D eigenvalue weighted by atomic mass is 10.1. The largest absolute Gasteiger partial charge is 0.493 e. The number of methoxy groups -OCH3 is 2. The van der Waals surface area contributed by atoms with Crippen LogP contribution in [0.15, 0.2) is 24.3 Å². The summed E-state index contributed by atoms with van der Waals surface area (Å²) in [5.74, 6) is 1.76. The van der Waals surface area contributed by atoms with Crippen LogP contribution in [0.25, 0.3) is 0 Å². The van der Waals surface area contributed by atoms with E-state index in [0.717, 1.165) is 30.5 Å². The van der Waals surface area contributed by atoms with Gasteiger partial charge in [-0.25, -0.2) is 9.97 Å². The predicted molar refractivity (Wildman–Crippen MR) is 108 cm³/mol. The molecule has 1 aliphatic rings. The SMILES string of the molecule is COc1ccc(CCNc2nc(C)cc(C(=O)NC3CCCC3)n2)cc1OC. The van der Waals surface area contributed by atoms with Crippen molar-refractivity contribution in [2.45, 2.75) is 45.1 Å². The topological polar surface area (TPSA) is 85.4 Å². The van der Waals surface area contributed by atoms with Crippen molar-refractivity contribution in [3.63, 3.8) is 0 Å². The average molecular weight is 384 g/mol. The van der Waals surface area contributed by atoms with Gasteiger partial charge in [0.15, 0.2) is 11.5 Å². The molecule has 1 amide bonds. The van der Waals surface area contributed by atoms with Crippen LogP contribution in [0.3, 0.4) is 0 Å². The number of rotatable bonds is 8. The quantitative estimate of drug-likeness (QED) is 0.727. The molecule has 1 aromatic carbocycles. The number of anilines is 1. The number of carbonyl (C=O) groups excluding carboxylic acids is 1. The van der Waals surface area contributed by atoms with Gasteiger partial charge in [-0.3, -0.25) is 4.79 Å². The Labute approximate surface area is 165 Å². The minimum atomic E-state index is -0.125. The minimum absolute atomic E-state index is 0.125. The molecule has 150 valence electrons. The summed E-state index contributed by atoms with van der Waals surface area (Å²) in [5.41, 5.74) is 2.28. The smallest absolute Gasteiger partial charge is 0.270 e. The van der Waals surface area contributed by atoms with Crippen LogP contribution in [0.2, 0.25) is 0 Å². The van der Waals surface area contributed by atoms with E-state index in [2.05, 4.69) is 20.6 Å². The van der Waals surface area contributed by atoms with Crippen LogP contribution in [0.4, 0.5) is 5.95 Å². The second kappa shape index (κ2) is 9.39. The number of aryl methyl sites for hydroxylation is 1. The zero-order valence-corrected chi connectivity index (χ0v) is 16.7. The highest BCUT2D eigenvalue weighted by Gasteiger charge is 2.19. The summed E-state index contributed by atoms with van der Waals surface area (Å²) in [5, 5.41) is 6.29. The number of nitrogens with zero attached hydrogens (tertiary/aromatic N) is 2. The van der Waals surface area contributed by atoms with Gasteiger partial charge >= 0.3 is 0 Å². The standard InChI is InChI=1S/C21H28N4O3/c1-14-12-17(20(26)24-16-6-4-5-7-16)25-21(23-14)22-11-10-15-8-9-18(27-2)19(13-15)28-3/h8-9,12-13,16H,4-7,10-11H2,1-3H3,(H,24,26)(H,22,23,25). The summed E-state index contributed by atoms with van der Waals surface area (Å²) >= 11 is 0. The van der Waals surface area contributed by atoms with Gasteiger partial charge in [0, 0.05) is 18.3 Å². The number of carbonyl (C=O) groups is 1. The number of amides is 1. The van der Waals surface area contributed by atoms with E-state index in [-0.39, 0.29) is 11.9 Å². The van der Waals surface area contributed by atoms with Crippen LogP contribution in [-0.4, -0.2) is 42.7 Å². The fourth-order valence-electron chi connectivity index (χ4n) is 3.45. The number of hydrogen-bond donors (Lipinski definition) is 2. The summed E-state index contributed by atoms with van der Waals surface area (Å²) in [6, 6.07) is 7.84. The van der Waals surface area contributed by atoms with E-state index in [1.54, 1.807) is 20.3 Å². The van der Waals surface area contributed by atoms with Crippen molar-refractivity contribution >= 4 is 11.9 Å². The molecule has 0 bridgehead atoms. The molecular formula is C21H28N4O3. The van der Waals surface area contributed by atoms with Gasteiger partial charge in [0.25, 0.3) is 5.91 Å². The fraction of sp³-hybridized carbons (Fsp3) is 0.476.